The second-order valence-electron chi connectivity index (χ2n) is 3.85. The highest BCUT2D eigenvalue weighted by molar-refractivity contribution is 5.82. The van der Waals surface area contributed by atoms with Gasteiger partial charge in [0, 0.05) is 0 Å². The summed E-state index contributed by atoms with van der Waals surface area (Å²) in [5.41, 5.74) is 5.44. The van der Waals surface area contributed by atoms with Crippen LogP contribution in [0, 0.1) is 0 Å². The number of amides is 1. The SMILES string of the molecule is COC(=O)N/N=C\c1ccc(-c2ccccc2)cc1. The molecule has 0 aliphatic carbocycles. The summed E-state index contributed by atoms with van der Waals surface area (Å²) in [6.07, 6.45) is 0.975. The van der Waals surface area contributed by atoms with Crippen LogP contribution in [0.4, 0.5) is 4.79 Å². The normalized spacial score (nSPS) is 10.4. The van der Waals surface area contributed by atoms with E-state index < -0.39 is 6.09 Å². The Kier molecular flexibility index (Phi) is 4.29. The molecule has 2 rings (SSSR count). The van der Waals surface area contributed by atoms with Crippen LogP contribution < -0.4 is 5.43 Å². The number of benzene rings is 2. The van der Waals surface area contributed by atoms with Gasteiger partial charge in [-0.1, -0.05) is 54.6 Å². The van der Waals surface area contributed by atoms with E-state index in [2.05, 4.69) is 27.4 Å². The maximum atomic E-state index is 10.8. The quantitative estimate of drug-likeness (QED) is 0.676. The first-order valence-corrected chi connectivity index (χ1v) is 5.82. The van der Waals surface area contributed by atoms with Crippen molar-refractivity contribution < 1.29 is 9.53 Å². The molecular weight excluding hydrogens is 240 g/mol. The van der Waals surface area contributed by atoms with Gasteiger partial charge in [0.1, 0.15) is 0 Å². The number of hydrazone groups is 1. The van der Waals surface area contributed by atoms with Crippen LogP contribution >= 0.6 is 0 Å². The van der Waals surface area contributed by atoms with Crippen molar-refractivity contribution in [3.05, 3.63) is 60.2 Å². The molecule has 0 saturated carbocycles. The maximum absolute atomic E-state index is 10.8. The minimum atomic E-state index is -0.586. The summed E-state index contributed by atoms with van der Waals surface area (Å²) in [6, 6.07) is 18.0. The average Bonchev–Trinajstić information content (AvgIpc) is 2.48. The van der Waals surface area contributed by atoms with E-state index in [1.54, 1.807) is 6.21 Å². The Labute approximate surface area is 111 Å². The zero-order chi connectivity index (χ0) is 13.5. The lowest BCUT2D eigenvalue weighted by atomic mass is 10.0. The van der Waals surface area contributed by atoms with Crippen LogP contribution in [-0.4, -0.2) is 19.4 Å². The first kappa shape index (κ1) is 12.8. The molecule has 1 amide bonds. The number of rotatable bonds is 3. The second-order valence-corrected chi connectivity index (χ2v) is 3.85. The van der Waals surface area contributed by atoms with Crippen molar-refractivity contribution >= 4 is 12.3 Å². The van der Waals surface area contributed by atoms with Crippen LogP contribution in [0.3, 0.4) is 0 Å². The van der Waals surface area contributed by atoms with E-state index in [0.29, 0.717) is 0 Å². The van der Waals surface area contributed by atoms with Crippen molar-refractivity contribution in [3.63, 3.8) is 0 Å². The zero-order valence-electron chi connectivity index (χ0n) is 10.5. The summed E-state index contributed by atoms with van der Waals surface area (Å²) in [5, 5.41) is 3.77. The Morgan fingerprint density at radius 3 is 2.32 bits per heavy atom. The summed E-state index contributed by atoms with van der Waals surface area (Å²) in [7, 11) is 1.29. The summed E-state index contributed by atoms with van der Waals surface area (Å²) in [4.78, 5) is 10.8. The molecule has 0 spiro atoms. The highest BCUT2D eigenvalue weighted by atomic mass is 16.5. The fourth-order valence-corrected chi connectivity index (χ4v) is 1.60. The summed E-state index contributed by atoms with van der Waals surface area (Å²) in [5.74, 6) is 0. The molecule has 19 heavy (non-hydrogen) atoms. The fourth-order valence-electron chi connectivity index (χ4n) is 1.60. The largest absolute Gasteiger partial charge is 0.452 e. The van der Waals surface area contributed by atoms with Gasteiger partial charge in [-0.05, 0) is 16.7 Å². The van der Waals surface area contributed by atoms with E-state index in [1.165, 1.54) is 12.7 Å². The van der Waals surface area contributed by atoms with Gasteiger partial charge in [0.2, 0.25) is 0 Å². The van der Waals surface area contributed by atoms with E-state index in [4.69, 9.17) is 0 Å². The van der Waals surface area contributed by atoms with Crippen LogP contribution in [0.25, 0.3) is 11.1 Å². The van der Waals surface area contributed by atoms with Gasteiger partial charge in [0.05, 0.1) is 13.3 Å². The number of carbonyl (C=O) groups is 1. The molecule has 0 unspecified atom stereocenters. The van der Waals surface area contributed by atoms with Gasteiger partial charge in [-0.3, -0.25) is 0 Å². The van der Waals surface area contributed by atoms with Crippen molar-refractivity contribution in [1.82, 2.24) is 5.43 Å². The minimum Gasteiger partial charge on any atom is -0.452 e. The second kappa shape index (κ2) is 6.35. The molecule has 1 N–H and O–H groups in total. The fraction of sp³-hybridized carbons (Fsp3) is 0.0667. The Hall–Kier alpha value is -2.62. The molecule has 0 heterocycles. The number of hydrogen-bond acceptors (Lipinski definition) is 3. The highest BCUT2D eigenvalue weighted by Gasteiger charge is 1.96. The lowest BCUT2D eigenvalue weighted by molar-refractivity contribution is 0.171. The Morgan fingerprint density at radius 1 is 1.05 bits per heavy atom. The molecular formula is C15H14N2O2. The third-order valence-electron chi connectivity index (χ3n) is 2.57. The third-order valence-corrected chi connectivity index (χ3v) is 2.57. The molecule has 0 aliphatic rings. The Morgan fingerprint density at radius 2 is 1.68 bits per heavy atom. The van der Waals surface area contributed by atoms with Crippen LogP contribution in [0.1, 0.15) is 5.56 Å². The van der Waals surface area contributed by atoms with Crippen molar-refractivity contribution in [2.75, 3.05) is 7.11 Å². The molecule has 96 valence electrons. The van der Waals surface area contributed by atoms with Gasteiger partial charge in [0.25, 0.3) is 0 Å². The van der Waals surface area contributed by atoms with Crippen molar-refractivity contribution in [1.29, 1.82) is 0 Å². The van der Waals surface area contributed by atoms with E-state index >= 15 is 0 Å². The number of ether oxygens (including phenoxy) is 1. The molecule has 0 aromatic heterocycles. The van der Waals surface area contributed by atoms with Crippen LogP contribution in [0.2, 0.25) is 0 Å². The van der Waals surface area contributed by atoms with Crippen LogP contribution in [0.15, 0.2) is 59.7 Å². The highest BCUT2D eigenvalue weighted by Crippen LogP contribution is 2.18. The average molecular weight is 254 g/mol. The van der Waals surface area contributed by atoms with E-state index in [-0.39, 0.29) is 0 Å². The summed E-state index contributed by atoms with van der Waals surface area (Å²) in [6.45, 7) is 0. The Bertz CT molecular complexity index is 562. The minimum absolute atomic E-state index is 0.586. The number of hydrogen-bond donors (Lipinski definition) is 1. The predicted octanol–water partition coefficient (Wildman–Crippen LogP) is 3.04. The first-order chi connectivity index (χ1) is 9.29. The molecule has 0 aliphatic heterocycles. The molecule has 4 heteroatoms. The molecule has 0 atom stereocenters. The summed E-state index contributed by atoms with van der Waals surface area (Å²) >= 11 is 0. The lowest BCUT2D eigenvalue weighted by Gasteiger charge is -2.01. The summed E-state index contributed by atoms with van der Waals surface area (Å²) < 4.78 is 4.40. The Balaban J connectivity index is 2.05. The van der Waals surface area contributed by atoms with Crippen molar-refractivity contribution in [2.45, 2.75) is 0 Å². The molecule has 0 saturated heterocycles. The third kappa shape index (κ3) is 3.67. The van der Waals surface area contributed by atoms with Crippen molar-refractivity contribution in [3.8, 4) is 11.1 Å². The zero-order valence-corrected chi connectivity index (χ0v) is 10.5. The van der Waals surface area contributed by atoms with Crippen molar-refractivity contribution in [2.24, 2.45) is 5.10 Å². The van der Waals surface area contributed by atoms with E-state index in [0.717, 1.165) is 11.1 Å². The van der Waals surface area contributed by atoms with Gasteiger partial charge >= 0.3 is 6.09 Å². The van der Waals surface area contributed by atoms with Gasteiger partial charge in [0.15, 0.2) is 0 Å². The smallest absolute Gasteiger partial charge is 0.427 e. The lowest BCUT2D eigenvalue weighted by Crippen LogP contribution is -2.16. The maximum Gasteiger partial charge on any atom is 0.427 e. The van der Waals surface area contributed by atoms with Gasteiger partial charge < -0.3 is 4.74 Å². The van der Waals surface area contributed by atoms with Crippen LogP contribution in [0.5, 0.6) is 0 Å². The topological polar surface area (TPSA) is 50.7 Å². The molecule has 2 aromatic carbocycles. The van der Waals surface area contributed by atoms with Crippen LogP contribution in [-0.2, 0) is 4.74 Å². The number of carbonyl (C=O) groups excluding carboxylic acids is 1. The van der Waals surface area contributed by atoms with Gasteiger partial charge in [-0.2, -0.15) is 5.10 Å². The van der Waals surface area contributed by atoms with Gasteiger partial charge in [-0.15, -0.1) is 0 Å². The molecule has 4 nitrogen and oxygen atoms in total. The first-order valence-electron chi connectivity index (χ1n) is 5.82. The molecule has 0 radical (unpaired) electrons. The molecule has 2 aromatic rings. The number of methoxy groups -OCH3 is 1. The van der Waals surface area contributed by atoms with E-state index in [9.17, 15) is 4.79 Å². The molecule has 0 fully saturated rings. The standard InChI is InChI=1S/C15H14N2O2/c1-19-15(18)17-16-11-12-7-9-14(10-8-12)13-5-3-2-4-6-13/h2-11H,1H3,(H,17,18)/b16-11-. The van der Waals surface area contributed by atoms with Gasteiger partial charge in [-0.25, -0.2) is 10.2 Å². The monoisotopic (exact) mass is 254 g/mol. The number of nitrogens with zero attached hydrogens (tertiary/aromatic N) is 1. The molecule has 0 bridgehead atoms. The van der Waals surface area contributed by atoms with E-state index in [1.807, 2.05) is 42.5 Å². The number of nitrogens with one attached hydrogen (secondary N) is 1. The predicted molar refractivity (Wildman–Crippen MR) is 75.0 cm³/mol.